The minimum Gasteiger partial charge on any atom is -0.305 e. The Labute approximate surface area is 106 Å². The SMILES string of the molecule is CC(NCc1cccc(C#N)c1)c1cnccn1. The van der Waals surface area contributed by atoms with Gasteiger partial charge in [0, 0.05) is 31.2 Å². The van der Waals surface area contributed by atoms with E-state index in [0.717, 1.165) is 11.3 Å². The molecule has 1 N–H and O–H groups in total. The molecule has 0 radical (unpaired) electrons. The molecule has 1 heterocycles. The molecule has 2 rings (SSSR count). The molecule has 0 fully saturated rings. The predicted molar refractivity (Wildman–Crippen MR) is 68.4 cm³/mol. The van der Waals surface area contributed by atoms with Crippen molar-refractivity contribution in [3.63, 3.8) is 0 Å². The summed E-state index contributed by atoms with van der Waals surface area (Å²) in [5.74, 6) is 0. The van der Waals surface area contributed by atoms with Crippen molar-refractivity contribution in [2.75, 3.05) is 0 Å². The Balaban J connectivity index is 1.97. The Morgan fingerprint density at radius 1 is 1.39 bits per heavy atom. The van der Waals surface area contributed by atoms with E-state index in [1.807, 2.05) is 25.1 Å². The number of nitriles is 1. The lowest BCUT2D eigenvalue weighted by atomic mass is 10.1. The third kappa shape index (κ3) is 3.12. The first-order valence-corrected chi connectivity index (χ1v) is 5.78. The van der Waals surface area contributed by atoms with Gasteiger partial charge in [-0.1, -0.05) is 12.1 Å². The van der Waals surface area contributed by atoms with Gasteiger partial charge in [0.2, 0.25) is 0 Å². The predicted octanol–water partition coefficient (Wildman–Crippen LogP) is 2.20. The topological polar surface area (TPSA) is 61.6 Å². The summed E-state index contributed by atoms with van der Waals surface area (Å²) >= 11 is 0. The minimum atomic E-state index is 0.129. The van der Waals surface area contributed by atoms with Crippen LogP contribution in [0.15, 0.2) is 42.9 Å². The van der Waals surface area contributed by atoms with Crippen molar-refractivity contribution in [1.29, 1.82) is 5.26 Å². The molecule has 0 spiro atoms. The van der Waals surface area contributed by atoms with E-state index in [2.05, 4.69) is 21.4 Å². The molecule has 1 atom stereocenters. The molecule has 2 aromatic rings. The smallest absolute Gasteiger partial charge is 0.0991 e. The van der Waals surface area contributed by atoms with Gasteiger partial charge < -0.3 is 5.32 Å². The van der Waals surface area contributed by atoms with Crippen LogP contribution in [-0.4, -0.2) is 9.97 Å². The van der Waals surface area contributed by atoms with Crippen molar-refractivity contribution in [1.82, 2.24) is 15.3 Å². The first kappa shape index (κ1) is 12.2. The van der Waals surface area contributed by atoms with Crippen molar-refractivity contribution in [3.05, 3.63) is 59.7 Å². The maximum atomic E-state index is 8.83. The van der Waals surface area contributed by atoms with Gasteiger partial charge in [0.1, 0.15) is 0 Å². The van der Waals surface area contributed by atoms with Crippen molar-refractivity contribution in [3.8, 4) is 6.07 Å². The molecule has 0 aliphatic carbocycles. The van der Waals surface area contributed by atoms with E-state index in [1.165, 1.54) is 0 Å². The summed E-state index contributed by atoms with van der Waals surface area (Å²) in [6, 6.07) is 9.84. The Bertz CT molecular complexity index is 545. The highest BCUT2D eigenvalue weighted by Crippen LogP contribution is 2.09. The number of nitrogens with one attached hydrogen (secondary N) is 1. The second-order valence-corrected chi connectivity index (χ2v) is 4.05. The molecule has 1 unspecified atom stereocenters. The molecule has 0 bridgehead atoms. The van der Waals surface area contributed by atoms with Gasteiger partial charge in [-0.25, -0.2) is 0 Å². The molecule has 0 amide bonds. The maximum absolute atomic E-state index is 8.83. The van der Waals surface area contributed by atoms with Crippen molar-refractivity contribution < 1.29 is 0 Å². The molecule has 1 aromatic carbocycles. The second-order valence-electron chi connectivity index (χ2n) is 4.05. The second kappa shape index (κ2) is 5.89. The van der Waals surface area contributed by atoms with E-state index in [9.17, 15) is 0 Å². The van der Waals surface area contributed by atoms with Gasteiger partial charge in [0.15, 0.2) is 0 Å². The van der Waals surface area contributed by atoms with Gasteiger partial charge in [-0.15, -0.1) is 0 Å². The zero-order valence-corrected chi connectivity index (χ0v) is 10.2. The fraction of sp³-hybridized carbons (Fsp3) is 0.214. The Kier molecular flexibility index (Phi) is 4.00. The van der Waals surface area contributed by atoms with Crippen LogP contribution in [0.4, 0.5) is 0 Å². The zero-order valence-electron chi connectivity index (χ0n) is 10.2. The van der Waals surface area contributed by atoms with Gasteiger partial charge in [0.05, 0.1) is 17.3 Å². The molecule has 0 saturated heterocycles. The quantitative estimate of drug-likeness (QED) is 0.887. The van der Waals surface area contributed by atoms with E-state index in [0.29, 0.717) is 12.1 Å². The fourth-order valence-corrected chi connectivity index (χ4v) is 1.66. The van der Waals surface area contributed by atoms with Crippen LogP contribution in [0.5, 0.6) is 0 Å². The number of benzene rings is 1. The van der Waals surface area contributed by atoms with Crippen LogP contribution in [0.25, 0.3) is 0 Å². The van der Waals surface area contributed by atoms with E-state index in [-0.39, 0.29) is 6.04 Å². The van der Waals surface area contributed by atoms with Crippen LogP contribution >= 0.6 is 0 Å². The van der Waals surface area contributed by atoms with Crippen molar-refractivity contribution in [2.45, 2.75) is 19.5 Å². The first-order chi connectivity index (χ1) is 8.79. The van der Waals surface area contributed by atoms with Gasteiger partial charge in [0.25, 0.3) is 0 Å². The van der Waals surface area contributed by atoms with Crippen LogP contribution in [0, 0.1) is 11.3 Å². The number of hydrogen-bond acceptors (Lipinski definition) is 4. The van der Waals surface area contributed by atoms with Crippen LogP contribution in [0.3, 0.4) is 0 Å². The summed E-state index contributed by atoms with van der Waals surface area (Å²) in [4.78, 5) is 8.29. The van der Waals surface area contributed by atoms with Crippen LogP contribution < -0.4 is 5.32 Å². The van der Waals surface area contributed by atoms with Gasteiger partial charge in [-0.3, -0.25) is 9.97 Å². The maximum Gasteiger partial charge on any atom is 0.0991 e. The fourth-order valence-electron chi connectivity index (χ4n) is 1.66. The van der Waals surface area contributed by atoms with Crippen molar-refractivity contribution >= 4 is 0 Å². The molecule has 4 heteroatoms. The summed E-state index contributed by atoms with van der Waals surface area (Å²) in [7, 11) is 0. The normalized spacial score (nSPS) is 11.8. The van der Waals surface area contributed by atoms with Crippen LogP contribution in [0.1, 0.15) is 29.8 Å². The van der Waals surface area contributed by atoms with Crippen LogP contribution in [0.2, 0.25) is 0 Å². The van der Waals surface area contributed by atoms with E-state index in [1.54, 1.807) is 24.7 Å². The number of hydrogen-bond donors (Lipinski definition) is 1. The molecule has 0 aliphatic heterocycles. The first-order valence-electron chi connectivity index (χ1n) is 5.78. The Hall–Kier alpha value is -2.25. The monoisotopic (exact) mass is 238 g/mol. The summed E-state index contributed by atoms with van der Waals surface area (Å²) in [5, 5.41) is 12.2. The highest BCUT2D eigenvalue weighted by molar-refractivity contribution is 5.32. The highest BCUT2D eigenvalue weighted by atomic mass is 14.9. The average molecular weight is 238 g/mol. The molecule has 0 aliphatic rings. The zero-order chi connectivity index (χ0) is 12.8. The lowest BCUT2D eigenvalue weighted by Crippen LogP contribution is -2.19. The Morgan fingerprint density at radius 3 is 3.00 bits per heavy atom. The van der Waals surface area contributed by atoms with Gasteiger partial charge in [-0.2, -0.15) is 5.26 Å². The number of aromatic nitrogens is 2. The molecule has 1 aromatic heterocycles. The van der Waals surface area contributed by atoms with E-state index < -0.39 is 0 Å². The van der Waals surface area contributed by atoms with E-state index >= 15 is 0 Å². The average Bonchev–Trinajstić information content (AvgIpc) is 2.46. The molecular formula is C14H14N4. The summed E-state index contributed by atoms with van der Waals surface area (Å²) in [6.45, 7) is 2.74. The third-order valence-corrected chi connectivity index (χ3v) is 2.70. The molecule has 18 heavy (non-hydrogen) atoms. The molecule has 0 saturated carbocycles. The van der Waals surface area contributed by atoms with Gasteiger partial charge in [-0.05, 0) is 24.6 Å². The largest absolute Gasteiger partial charge is 0.305 e. The molecule has 90 valence electrons. The number of rotatable bonds is 4. The lowest BCUT2D eigenvalue weighted by molar-refractivity contribution is 0.559. The summed E-state index contributed by atoms with van der Waals surface area (Å²) in [6.07, 6.45) is 5.10. The third-order valence-electron chi connectivity index (χ3n) is 2.70. The van der Waals surface area contributed by atoms with Crippen LogP contribution in [-0.2, 0) is 6.54 Å². The van der Waals surface area contributed by atoms with Gasteiger partial charge >= 0.3 is 0 Å². The summed E-state index contributed by atoms with van der Waals surface area (Å²) < 4.78 is 0. The standard InChI is InChI=1S/C14H14N4/c1-11(14-10-16-5-6-17-14)18-9-13-4-2-3-12(7-13)8-15/h2-7,10-11,18H,9H2,1H3. The molecular weight excluding hydrogens is 224 g/mol. The highest BCUT2D eigenvalue weighted by Gasteiger charge is 2.05. The lowest BCUT2D eigenvalue weighted by Gasteiger charge is -2.12. The minimum absolute atomic E-state index is 0.129. The van der Waals surface area contributed by atoms with Crippen molar-refractivity contribution in [2.24, 2.45) is 0 Å². The Morgan fingerprint density at radius 2 is 2.28 bits per heavy atom. The molecule has 4 nitrogen and oxygen atoms in total. The number of nitrogens with zero attached hydrogens (tertiary/aromatic N) is 3. The van der Waals surface area contributed by atoms with E-state index in [4.69, 9.17) is 5.26 Å². The summed E-state index contributed by atoms with van der Waals surface area (Å²) in [5.41, 5.74) is 2.68.